The average molecular weight is 856 g/mol. The lowest BCUT2D eigenvalue weighted by atomic mass is 10.1. The average Bonchev–Trinajstić information content (AvgIpc) is 4.15. The van der Waals surface area contributed by atoms with E-state index < -0.39 is 0 Å². The van der Waals surface area contributed by atoms with Gasteiger partial charge in [-0.15, -0.1) is 11.3 Å². The highest BCUT2D eigenvalue weighted by Crippen LogP contribution is 2.38. The molecule has 298 valence electrons. The van der Waals surface area contributed by atoms with E-state index in [1.807, 2.05) is 84.2 Å². The van der Waals surface area contributed by atoms with Gasteiger partial charge in [0.15, 0.2) is 0 Å². The molecule has 3 aromatic carbocycles. The van der Waals surface area contributed by atoms with Crippen molar-refractivity contribution in [3.05, 3.63) is 202 Å². The van der Waals surface area contributed by atoms with Crippen molar-refractivity contribution in [2.75, 3.05) is 0 Å². The molecule has 0 aliphatic carbocycles. The highest BCUT2D eigenvalue weighted by molar-refractivity contribution is 7.15. The maximum absolute atomic E-state index is 4.63. The molecule has 0 radical (unpaired) electrons. The Morgan fingerprint density at radius 3 is 1.32 bits per heavy atom. The van der Waals surface area contributed by atoms with Gasteiger partial charge in [-0.1, -0.05) is 48.5 Å². The first kappa shape index (κ1) is 38.7. The van der Waals surface area contributed by atoms with Crippen LogP contribution in [0.4, 0.5) is 0 Å². The summed E-state index contributed by atoms with van der Waals surface area (Å²) in [6.45, 7) is 0. The van der Waals surface area contributed by atoms with Crippen LogP contribution in [0, 0.1) is 0 Å². The van der Waals surface area contributed by atoms with E-state index in [1.165, 1.54) is 43.4 Å². The second-order valence-electron chi connectivity index (χ2n) is 14.4. The van der Waals surface area contributed by atoms with Crippen molar-refractivity contribution in [3.63, 3.8) is 0 Å². The maximum atomic E-state index is 4.63. The Morgan fingerprint density at radius 1 is 0.403 bits per heavy atom. The summed E-state index contributed by atoms with van der Waals surface area (Å²) in [6, 6.07) is 47.5. The highest BCUT2D eigenvalue weighted by Gasteiger charge is 2.09. The lowest BCUT2D eigenvalue weighted by Gasteiger charge is -1.98. The predicted molar refractivity (Wildman–Crippen MR) is 265 cm³/mol. The van der Waals surface area contributed by atoms with Gasteiger partial charge in [0.05, 0.1) is 33.8 Å². The molecular formula is C52H37N7S3. The maximum Gasteiger partial charge on any atom is 0.0886 e. The van der Waals surface area contributed by atoms with Gasteiger partial charge in [0.25, 0.3) is 0 Å². The molecule has 62 heavy (non-hydrogen) atoms. The second kappa shape index (κ2) is 18.0. The van der Waals surface area contributed by atoms with E-state index in [4.69, 9.17) is 0 Å². The first-order chi connectivity index (χ1) is 30.7. The SMILES string of the molecule is C1=Cc2cc3ccc(cc4nc(cc5ccc(cc1n2)[nH]5)C=C4)[nH]3.c1cc(-c2ccsc2-c2ccsc2)cs1.c1ccc2c(c1)[nH]c1ccccc12.c1ccc2nccnc2c1. The third kappa shape index (κ3) is 8.98. The molecule has 0 unspecified atom stereocenters. The molecule has 0 spiro atoms. The van der Waals surface area contributed by atoms with Crippen LogP contribution < -0.4 is 0 Å². The van der Waals surface area contributed by atoms with Crippen molar-refractivity contribution >= 4 is 113 Å². The Morgan fingerprint density at radius 2 is 0.855 bits per heavy atom. The van der Waals surface area contributed by atoms with Crippen molar-refractivity contribution in [3.8, 4) is 21.6 Å². The fourth-order valence-corrected chi connectivity index (χ4v) is 9.52. The zero-order valence-corrected chi connectivity index (χ0v) is 35.6. The van der Waals surface area contributed by atoms with Crippen molar-refractivity contribution in [1.82, 2.24) is 34.9 Å². The van der Waals surface area contributed by atoms with Crippen LogP contribution in [-0.2, 0) is 0 Å². The van der Waals surface area contributed by atoms with Crippen LogP contribution in [0.3, 0.4) is 0 Å². The Labute approximate surface area is 369 Å². The molecule has 13 rings (SSSR count). The van der Waals surface area contributed by atoms with Crippen LogP contribution in [-0.4, -0.2) is 34.9 Å². The normalized spacial score (nSPS) is 11.4. The van der Waals surface area contributed by atoms with Gasteiger partial charge in [-0.3, -0.25) is 9.97 Å². The molecule has 0 saturated heterocycles. The summed E-state index contributed by atoms with van der Waals surface area (Å²) in [7, 11) is 0. The first-order valence-corrected chi connectivity index (χ1v) is 22.7. The number of thiophene rings is 3. The number of rotatable bonds is 2. The highest BCUT2D eigenvalue weighted by atomic mass is 32.1. The molecule has 8 aromatic heterocycles. The number of benzene rings is 3. The zero-order valence-electron chi connectivity index (χ0n) is 33.1. The van der Waals surface area contributed by atoms with Gasteiger partial charge in [0, 0.05) is 72.3 Å². The van der Waals surface area contributed by atoms with E-state index in [1.54, 1.807) is 35.1 Å². The summed E-state index contributed by atoms with van der Waals surface area (Å²) < 4.78 is 0. The van der Waals surface area contributed by atoms with Crippen molar-refractivity contribution in [2.45, 2.75) is 0 Å². The summed E-state index contributed by atoms with van der Waals surface area (Å²) >= 11 is 5.32. The number of nitrogens with one attached hydrogen (secondary N) is 3. The largest absolute Gasteiger partial charge is 0.355 e. The van der Waals surface area contributed by atoms with Gasteiger partial charge >= 0.3 is 0 Å². The standard InChI is InChI=1S/C20H14N4.C12H9N.C12H8S3.C8H6N2/c1-2-14-10-16-5-6-18(23-16)12-20-8-7-19(24-20)11-17-4-3-15(22-17)9-13(1)21-14;1-3-7-11-9(5-1)10-6-2-4-8-12(10)13-11;1-4-13-7-9(1)11-3-6-15-12(11)10-2-5-14-8-10;1-2-4-8-7(3-1)9-5-6-10-8/h1-12,21,24H;1-8,13H;1-8H;1-6H. The van der Waals surface area contributed by atoms with Crippen LogP contribution in [0.2, 0.25) is 0 Å². The molecule has 7 nitrogen and oxygen atoms in total. The number of fused-ring (bicyclic) bond motifs is 12. The summed E-state index contributed by atoms with van der Waals surface area (Å²) in [4.78, 5) is 29.0. The van der Waals surface area contributed by atoms with Crippen LogP contribution in [0.1, 0.15) is 22.8 Å². The molecule has 3 N–H and O–H groups in total. The second-order valence-corrected chi connectivity index (χ2v) is 16.8. The fourth-order valence-electron chi connectivity index (χ4n) is 7.22. The van der Waals surface area contributed by atoms with E-state index in [9.17, 15) is 0 Å². The minimum atomic E-state index is 0.939. The number of nitrogens with zero attached hydrogens (tertiary/aromatic N) is 4. The van der Waals surface area contributed by atoms with Crippen molar-refractivity contribution in [1.29, 1.82) is 0 Å². The zero-order chi connectivity index (χ0) is 41.5. The minimum Gasteiger partial charge on any atom is -0.355 e. The number of hydrogen-bond donors (Lipinski definition) is 3. The van der Waals surface area contributed by atoms with Gasteiger partial charge < -0.3 is 15.0 Å². The van der Waals surface area contributed by atoms with E-state index in [2.05, 4.69) is 153 Å². The number of hydrogen-bond acceptors (Lipinski definition) is 7. The van der Waals surface area contributed by atoms with Crippen LogP contribution in [0.15, 0.2) is 179 Å². The molecule has 0 atom stereocenters. The molecule has 8 bridgehead atoms. The quantitative estimate of drug-likeness (QED) is 0.161. The van der Waals surface area contributed by atoms with Crippen LogP contribution >= 0.6 is 34.0 Å². The molecule has 10 heterocycles. The molecular weight excluding hydrogens is 819 g/mol. The molecule has 0 saturated carbocycles. The number of aromatic amines is 3. The Kier molecular flexibility index (Phi) is 11.2. The topological polar surface area (TPSA) is 98.9 Å². The minimum absolute atomic E-state index is 0.939. The first-order valence-electron chi connectivity index (χ1n) is 20.0. The van der Waals surface area contributed by atoms with Gasteiger partial charge in [0.1, 0.15) is 0 Å². The third-order valence-electron chi connectivity index (χ3n) is 10.1. The lowest BCUT2D eigenvalue weighted by Crippen LogP contribution is -1.78. The predicted octanol–water partition coefficient (Wildman–Crippen LogP) is 14.8. The van der Waals surface area contributed by atoms with Gasteiger partial charge in [-0.2, -0.15) is 22.7 Å². The molecule has 11 aromatic rings. The van der Waals surface area contributed by atoms with E-state index >= 15 is 0 Å². The molecule has 0 fully saturated rings. The summed E-state index contributed by atoms with van der Waals surface area (Å²) in [5.74, 6) is 0. The van der Waals surface area contributed by atoms with Gasteiger partial charge in [-0.05, 0) is 148 Å². The number of aromatic nitrogens is 7. The van der Waals surface area contributed by atoms with Gasteiger partial charge in [-0.25, -0.2) is 9.97 Å². The number of H-pyrrole nitrogens is 3. The van der Waals surface area contributed by atoms with Crippen molar-refractivity contribution in [2.24, 2.45) is 0 Å². The third-order valence-corrected chi connectivity index (χ3v) is 12.4. The molecule has 0 amide bonds. The van der Waals surface area contributed by atoms with Crippen LogP contribution in [0.25, 0.3) is 101 Å². The summed E-state index contributed by atoms with van der Waals surface area (Å²) in [6.07, 6.45) is 11.5. The Balaban J connectivity index is 0.000000104. The molecule has 2 aliphatic heterocycles. The molecule has 2 aliphatic rings. The van der Waals surface area contributed by atoms with E-state index in [-0.39, 0.29) is 0 Å². The van der Waals surface area contributed by atoms with Gasteiger partial charge in [0.2, 0.25) is 0 Å². The Hall–Kier alpha value is -7.50. The lowest BCUT2D eigenvalue weighted by molar-refractivity contribution is 1.29. The fraction of sp³-hybridized carbons (Fsp3) is 0. The van der Waals surface area contributed by atoms with Crippen LogP contribution in [0.5, 0.6) is 0 Å². The summed E-state index contributed by atoms with van der Waals surface area (Å²) in [5.41, 5.74) is 16.2. The monoisotopic (exact) mass is 855 g/mol. The number of para-hydroxylation sites is 4. The molecule has 10 heteroatoms. The van der Waals surface area contributed by atoms with E-state index in [0.717, 1.165) is 55.9 Å². The summed E-state index contributed by atoms with van der Waals surface area (Å²) in [5, 5.41) is 13.5. The van der Waals surface area contributed by atoms with E-state index in [0.29, 0.717) is 0 Å². The smallest absolute Gasteiger partial charge is 0.0886 e. The van der Waals surface area contributed by atoms with Crippen molar-refractivity contribution < 1.29 is 0 Å². The Bertz CT molecular complexity index is 3160.